The van der Waals surface area contributed by atoms with Gasteiger partial charge in [-0.15, -0.1) is 0 Å². The van der Waals surface area contributed by atoms with Crippen molar-refractivity contribution < 1.29 is 23.9 Å². The number of rotatable bonds is 7. The van der Waals surface area contributed by atoms with Gasteiger partial charge in [0.1, 0.15) is 11.5 Å². The maximum atomic E-state index is 12.5. The van der Waals surface area contributed by atoms with Gasteiger partial charge in [-0.05, 0) is 54.1 Å². The summed E-state index contributed by atoms with van der Waals surface area (Å²) in [7, 11) is 1.57. The third kappa shape index (κ3) is 6.43. The highest BCUT2D eigenvalue weighted by atomic mass is 16.5. The van der Waals surface area contributed by atoms with Crippen LogP contribution >= 0.6 is 0 Å². The number of hydrogen-bond acceptors (Lipinski definition) is 5. The summed E-state index contributed by atoms with van der Waals surface area (Å²) >= 11 is 0. The number of hydrogen-bond donors (Lipinski definition) is 2. The summed E-state index contributed by atoms with van der Waals surface area (Å²) < 4.78 is 10.2. The molecule has 0 atom stereocenters. The van der Waals surface area contributed by atoms with Gasteiger partial charge in [-0.25, -0.2) is 0 Å². The van der Waals surface area contributed by atoms with Crippen LogP contribution in [-0.2, 0) is 16.0 Å². The largest absolute Gasteiger partial charge is 0.497 e. The second-order valence-electron chi connectivity index (χ2n) is 6.73. The van der Waals surface area contributed by atoms with Crippen LogP contribution in [0.5, 0.6) is 11.5 Å². The van der Waals surface area contributed by atoms with E-state index < -0.39 is 5.97 Å². The molecule has 0 heterocycles. The molecule has 0 aliphatic heterocycles. The number of esters is 1. The van der Waals surface area contributed by atoms with Crippen LogP contribution in [0.15, 0.2) is 72.8 Å². The average Bonchev–Trinajstić information content (AvgIpc) is 2.73. The zero-order valence-corrected chi connectivity index (χ0v) is 17.2. The first-order valence-corrected chi connectivity index (χ1v) is 9.55. The highest BCUT2D eigenvalue weighted by molar-refractivity contribution is 6.05. The van der Waals surface area contributed by atoms with Crippen LogP contribution < -0.4 is 20.1 Å². The molecule has 31 heavy (non-hydrogen) atoms. The first kappa shape index (κ1) is 21.6. The number of carbonyl (C=O) groups is 3. The molecule has 0 fully saturated rings. The summed E-state index contributed by atoms with van der Waals surface area (Å²) in [6.07, 6.45) is 0.191. The Morgan fingerprint density at radius 1 is 0.806 bits per heavy atom. The van der Waals surface area contributed by atoms with E-state index in [0.29, 0.717) is 28.4 Å². The van der Waals surface area contributed by atoms with Crippen LogP contribution in [0, 0.1) is 0 Å². The van der Waals surface area contributed by atoms with Crippen molar-refractivity contribution in [3.63, 3.8) is 0 Å². The normalized spacial score (nSPS) is 10.1. The van der Waals surface area contributed by atoms with Gasteiger partial charge in [0.05, 0.1) is 13.5 Å². The Morgan fingerprint density at radius 3 is 2.23 bits per heavy atom. The molecule has 2 N–H and O–H groups in total. The molecule has 2 amide bonds. The monoisotopic (exact) mass is 418 g/mol. The van der Waals surface area contributed by atoms with Gasteiger partial charge in [-0.3, -0.25) is 14.4 Å². The molecule has 0 saturated heterocycles. The van der Waals surface area contributed by atoms with Gasteiger partial charge < -0.3 is 20.1 Å². The molecular formula is C24H22N2O5. The minimum atomic E-state index is -0.463. The summed E-state index contributed by atoms with van der Waals surface area (Å²) in [5.74, 6) is -0.0406. The average molecular weight is 418 g/mol. The van der Waals surface area contributed by atoms with Crippen molar-refractivity contribution in [3.05, 3.63) is 83.9 Å². The Balaban J connectivity index is 1.64. The topological polar surface area (TPSA) is 93.7 Å². The molecule has 0 unspecified atom stereocenters. The zero-order valence-electron chi connectivity index (χ0n) is 17.2. The van der Waals surface area contributed by atoms with Crippen molar-refractivity contribution in [2.75, 3.05) is 17.7 Å². The van der Waals surface area contributed by atoms with Crippen LogP contribution in [0.1, 0.15) is 22.8 Å². The molecule has 3 aromatic rings. The van der Waals surface area contributed by atoms with Crippen LogP contribution in [-0.4, -0.2) is 24.9 Å². The lowest BCUT2D eigenvalue weighted by atomic mass is 10.1. The number of amides is 2. The van der Waals surface area contributed by atoms with Crippen molar-refractivity contribution in [2.24, 2.45) is 0 Å². The molecule has 0 saturated carbocycles. The lowest BCUT2D eigenvalue weighted by Crippen LogP contribution is -2.15. The van der Waals surface area contributed by atoms with Gasteiger partial charge in [0.2, 0.25) is 5.91 Å². The fraction of sp³-hybridized carbons (Fsp3) is 0.125. The van der Waals surface area contributed by atoms with Crippen molar-refractivity contribution >= 4 is 29.2 Å². The molecule has 0 aromatic heterocycles. The second kappa shape index (κ2) is 10.1. The number of ether oxygens (including phenoxy) is 2. The van der Waals surface area contributed by atoms with Crippen LogP contribution in [0.3, 0.4) is 0 Å². The molecule has 0 spiro atoms. The maximum absolute atomic E-state index is 12.5. The number of nitrogens with one attached hydrogen (secondary N) is 2. The van der Waals surface area contributed by atoms with E-state index in [9.17, 15) is 14.4 Å². The zero-order chi connectivity index (χ0) is 22.2. The van der Waals surface area contributed by atoms with Crippen LogP contribution in [0.25, 0.3) is 0 Å². The number of carbonyl (C=O) groups excluding carboxylic acids is 3. The predicted octanol–water partition coefficient (Wildman–Crippen LogP) is 4.05. The van der Waals surface area contributed by atoms with E-state index in [1.807, 2.05) is 18.2 Å². The second-order valence-corrected chi connectivity index (χ2v) is 6.73. The molecule has 3 aromatic carbocycles. The summed E-state index contributed by atoms with van der Waals surface area (Å²) in [5, 5.41) is 5.59. The number of methoxy groups -OCH3 is 1. The van der Waals surface area contributed by atoms with Gasteiger partial charge in [-0.1, -0.05) is 24.3 Å². The van der Waals surface area contributed by atoms with Gasteiger partial charge in [0.25, 0.3) is 5.91 Å². The van der Waals surface area contributed by atoms with E-state index in [0.717, 1.165) is 5.56 Å². The lowest BCUT2D eigenvalue weighted by molar-refractivity contribution is -0.131. The molecule has 0 radical (unpaired) electrons. The van der Waals surface area contributed by atoms with Crippen molar-refractivity contribution in [1.82, 2.24) is 0 Å². The van der Waals surface area contributed by atoms with E-state index in [4.69, 9.17) is 9.47 Å². The molecule has 0 bridgehead atoms. The van der Waals surface area contributed by atoms with E-state index in [1.54, 1.807) is 55.6 Å². The Morgan fingerprint density at radius 2 is 1.48 bits per heavy atom. The number of anilines is 2. The molecular weight excluding hydrogens is 396 g/mol. The Labute approximate surface area is 180 Å². The van der Waals surface area contributed by atoms with Crippen molar-refractivity contribution in [2.45, 2.75) is 13.3 Å². The minimum Gasteiger partial charge on any atom is -0.497 e. The minimum absolute atomic E-state index is 0.189. The van der Waals surface area contributed by atoms with Crippen LogP contribution in [0.4, 0.5) is 11.4 Å². The summed E-state index contributed by atoms with van der Waals surface area (Å²) in [5.41, 5.74) is 2.24. The van der Waals surface area contributed by atoms with Crippen molar-refractivity contribution in [3.8, 4) is 11.5 Å². The third-order valence-corrected chi connectivity index (χ3v) is 4.26. The number of benzene rings is 3. The lowest BCUT2D eigenvalue weighted by Gasteiger charge is -2.10. The smallest absolute Gasteiger partial charge is 0.308 e. The highest BCUT2D eigenvalue weighted by Crippen LogP contribution is 2.19. The van der Waals surface area contributed by atoms with Gasteiger partial charge in [0, 0.05) is 23.9 Å². The highest BCUT2D eigenvalue weighted by Gasteiger charge is 2.10. The molecule has 3 rings (SSSR count). The summed E-state index contributed by atoms with van der Waals surface area (Å²) in [6, 6.07) is 20.5. The Bertz CT molecular complexity index is 1110. The van der Waals surface area contributed by atoms with Crippen molar-refractivity contribution in [1.29, 1.82) is 0 Å². The third-order valence-electron chi connectivity index (χ3n) is 4.26. The SMILES string of the molecule is COc1cccc(CC(=O)Nc2cccc(NC(=O)c3cccc(OC(C)=O)c3)c2)c1. The standard InChI is InChI=1S/C24H22N2O5/c1-16(27)31-22-11-4-7-18(14-22)24(29)26-20-9-5-8-19(15-20)25-23(28)13-17-6-3-10-21(12-17)30-2/h3-12,14-15H,13H2,1-2H3,(H,25,28)(H,26,29). The van der Waals surface area contributed by atoms with Crippen LogP contribution in [0.2, 0.25) is 0 Å². The van der Waals surface area contributed by atoms with Gasteiger partial charge in [0.15, 0.2) is 0 Å². The van der Waals surface area contributed by atoms with E-state index in [-0.39, 0.29) is 18.2 Å². The molecule has 7 heteroatoms. The molecule has 7 nitrogen and oxygen atoms in total. The van der Waals surface area contributed by atoms with Gasteiger partial charge in [-0.2, -0.15) is 0 Å². The quantitative estimate of drug-likeness (QED) is 0.446. The predicted molar refractivity (Wildman–Crippen MR) is 117 cm³/mol. The van der Waals surface area contributed by atoms with E-state index in [1.165, 1.54) is 13.0 Å². The summed E-state index contributed by atoms with van der Waals surface area (Å²) in [6.45, 7) is 1.29. The molecule has 0 aliphatic carbocycles. The molecule has 158 valence electrons. The summed E-state index contributed by atoms with van der Waals surface area (Å²) in [4.78, 5) is 36.0. The van der Waals surface area contributed by atoms with Gasteiger partial charge >= 0.3 is 5.97 Å². The Hall–Kier alpha value is -4.13. The fourth-order valence-electron chi connectivity index (χ4n) is 2.92. The van der Waals surface area contributed by atoms with E-state index >= 15 is 0 Å². The first-order chi connectivity index (χ1) is 14.9. The maximum Gasteiger partial charge on any atom is 0.308 e. The molecule has 0 aliphatic rings. The first-order valence-electron chi connectivity index (χ1n) is 9.55. The fourth-order valence-corrected chi connectivity index (χ4v) is 2.92. The Kier molecular flexibility index (Phi) is 7.01. The van der Waals surface area contributed by atoms with E-state index in [2.05, 4.69) is 10.6 Å².